The molecule has 0 saturated carbocycles. The Labute approximate surface area is 175 Å². The van der Waals surface area contributed by atoms with Crippen LogP contribution < -0.4 is 10.6 Å². The van der Waals surface area contributed by atoms with E-state index in [9.17, 15) is 0 Å². The molecule has 154 valence electrons. The van der Waals surface area contributed by atoms with Crippen molar-refractivity contribution >= 4 is 29.9 Å². The van der Waals surface area contributed by atoms with Crippen LogP contribution in [0.5, 0.6) is 0 Å². The first-order valence-corrected chi connectivity index (χ1v) is 9.90. The Balaban J connectivity index is 0.00000338. The predicted octanol–water partition coefficient (Wildman–Crippen LogP) is 1.47. The zero-order chi connectivity index (χ0) is 17.6. The largest absolute Gasteiger partial charge is 0.381 e. The molecule has 2 N–H and O–H groups in total. The van der Waals surface area contributed by atoms with Crippen molar-refractivity contribution < 1.29 is 14.2 Å². The molecular formula is C18H37IN4O3. The summed E-state index contributed by atoms with van der Waals surface area (Å²) in [5.41, 5.74) is 0. The zero-order valence-electron chi connectivity index (χ0n) is 16.2. The molecule has 26 heavy (non-hydrogen) atoms. The van der Waals surface area contributed by atoms with Gasteiger partial charge in [0.2, 0.25) is 0 Å². The summed E-state index contributed by atoms with van der Waals surface area (Å²) < 4.78 is 16.6. The van der Waals surface area contributed by atoms with Crippen LogP contribution >= 0.6 is 24.0 Å². The van der Waals surface area contributed by atoms with E-state index in [2.05, 4.69) is 27.4 Å². The number of halogens is 1. The Morgan fingerprint density at radius 3 is 2.54 bits per heavy atom. The summed E-state index contributed by atoms with van der Waals surface area (Å²) in [6, 6.07) is 0. The second kappa shape index (κ2) is 15.9. The fraction of sp³-hybridized carbons (Fsp3) is 0.944. The van der Waals surface area contributed by atoms with Crippen molar-refractivity contribution in [1.82, 2.24) is 15.5 Å². The second-order valence-electron chi connectivity index (χ2n) is 6.53. The summed E-state index contributed by atoms with van der Waals surface area (Å²) in [6.45, 7) is 12.1. The second-order valence-corrected chi connectivity index (χ2v) is 6.53. The number of morpholine rings is 1. The van der Waals surface area contributed by atoms with Crippen molar-refractivity contribution in [1.29, 1.82) is 0 Å². The van der Waals surface area contributed by atoms with Gasteiger partial charge in [0, 0.05) is 52.5 Å². The van der Waals surface area contributed by atoms with Crippen LogP contribution in [0.15, 0.2) is 4.99 Å². The number of hydrogen-bond acceptors (Lipinski definition) is 5. The lowest BCUT2D eigenvalue weighted by molar-refractivity contribution is -0.0318. The number of guanidine groups is 1. The standard InChI is InChI=1S/C18H36N4O3.HI/c1-2-19-18(20-7-3-9-22-10-15-24-16-11-22)21-8-4-12-25-17-5-13-23-14-6-17;/h17H,2-16H2,1H3,(H2,19,20,21);1H. The highest BCUT2D eigenvalue weighted by atomic mass is 127. The number of hydrogen-bond donors (Lipinski definition) is 2. The smallest absolute Gasteiger partial charge is 0.191 e. The molecule has 8 heteroatoms. The third-order valence-electron chi connectivity index (χ3n) is 4.49. The lowest BCUT2D eigenvalue weighted by Gasteiger charge is -2.26. The van der Waals surface area contributed by atoms with E-state index in [0.29, 0.717) is 6.10 Å². The first-order chi connectivity index (χ1) is 12.4. The maximum absolute atomic E-state index is 5.88. The van der Waals surface area contributed by atoms with Crippen LogP contribution in [0.4, 0.5) is 0 Å². The van der Waals surface area contributed by atoms with Crippen LogP contribution in [-0.4, -0.2) is 89.3 Å². The van der Waals surface area contributed by atoms with E-state index >= 15 is 0 Å². The van der Waals surface area contributed by atoms with Gasteiger partial charge < -0.3 is 24.8 Å². The van der Waals surface area contributed by atoms with Crippen molar-refractivity contribution in [3.05, 3.63) is 0 Å². The maximum Gasteiger partial charge on any atom is 0.191 e. The minimum Gasteiger partial charge on any atom is -0.381 e. The number of aliphatic imine (C=N–C) groups is 1. The van der Waals surface area contributed by atoms with Crippen molar-refractivity contribution in [2.45, 2.75) is 38.7 Å². The molecule has 2 saturated heterocycles. The Morgan fingerprint density at radius 2 is 1.81 bits per heavy atom. The molecule has 0 aromatic carbocycles. The molecule has 0 amide bonds. The van der Waals surface area contributed by atoms with Crippen molar-refractivity contribution in [2.24, 2.45) is 4.99 Å². The average Bonchev–Trinajstić information content (AvgIpc) is 2.66. The molecule has 2 fully saturated rings. The van der Waals surface area contributed by atoms with Gasteiger partial charge in [-0.2, -0.15) is 0 Å². The van der Waals surface area contributed by atoms with Gasteiger partial charge in [-0.1, -0.05) is 0 Å². The number of ether oxygens (including phenoxy) is 3. The highest BCUT2D eigenvalue weighted by Crippen LogP contribution is 2.10. The van der Waals surface area contributed by atoms with Gasteiger partial charge >= 0.3 is 0 Å². The third kappa shape index (κ3) is 10.9. The molecule has 0 aromatic heterocycles. The monoisotopic (exact) mass is 484 g/mol. The fourth-order valence-corrected chi connectivity index (χ4v) is 3.02. The molecule has 0 aromatic rings. The first kappa shape index (κ1) is 23.9. The fourth-order valence-electron chi connectivity index (χ4n) is 3.02. The van der Waals surface area contributed by atoms with Gasteiger partial charge in [0.05, 0.1) is 19.3 Å². The average molecular weight is 484 g/mol. The molecule has 0 spiro atoms. The summed E-state index contributed by atoms with van der Waals surface area (Å²) >= 11 is 0. The van der Waals surface area contributed by atoms with Crippen molar-refractivity contribution in [3.63, 3.8) is 0 Å². The molecule has 0 aliphatic carbocycles. The van der Waals surface area contributed by atoms with Crippen LogP contribution in [0.1, 0.15) is 32.6 Å². The number of rotatable bonds is 10. The van der Waals surface area contributed by atoms with Gasteiger partial charge in [-0.05, 0) is 39.2 Å². The molecule has 2 heterocycles. The van der Waals surface area contributed by atoms with E-state index in [1.54, 1.807) is 0 Å². The normalized spacial score (nSPS) is 19.8. The van der Waals surface area contributed by atoms with Gasteiger partial charge in [-0.15, -0.1) is 24.0 Å². The zero-order valence-corrected chi connectivity index (χ0v) is 18.5. The SMILES string of the molecule is CCNC(=NCCCOC1CCOCC1)NCCCN1CCOCC1.I. The van der Waals surface area contributed by atoms with Crippen LogP contribution in [0.2, 0.25) is 0 Å². The summed E-state index contributed by atoms with van der Waals surface area (Å²) in [5, 5.41) is 6.73. The Kier molecular flexibility index (Phi) is 14.6. The van der Waals surface area contributed by atoms with Gasteiger partial charge in [0.25, 0.3) is 0 Å². The quantitative estimate of drug-likeness (QED) is 0.212. The Hall–Kier alpha value is -0.160. The van der Waals surface area contributed by atoms with Crippen LogP contribution in [0.25, 0.3) is 0 Å². The molecule has 7 nitrogen and oxygen atoms in total. The van der Waals surface area contributed by atoms with E-state index in [0.717, 1.165) is 104 Å². The van der Waals surface area contributed by atoms with Crippen LogP contribution in [0, 0.1) is 0 Å². The molecular weight excluding hydrogens is 447 g/mol. The van der Waals surface area contributed by atoms with Gasteiger partial charge in [-0.25, -0.2) is 0 Å². The van der Waals surface area contributed by atoms with Crippen molar-refractivity contribution in [3.8, 4) is 0 Å². The van der Waals surface area contributed by atoms with Gasteiger partial charge in [-0.3, -0.25) is 9.89 Å². The highest BCUT2D eigenvalue weighted by molar-refractivity contribution is 14.0. The third-order valence-corrected chi connectivity index (χ3v) is 4.49. The molecule has 2 aliphatic rings. The maximum atomic E-state index is 5.88. The topological polar surface area (TPSA) is 67.4 Å². The molecule has 0 radical (unpaired) electrons. The number of nitrogens with zero attached hydrogens (tertiary/aromatic N) is 2. The predicted molar refractivity (Wildman–Crippen MR) is 116 cm³/mol. The van der Waals surface area contributed by atoms with Gasteiger partial charge in [0.15, 0.2) is 5.96 Å². The lowest BCUT2D eigenvalue weighted by Crippen LogP contribution is -2.40. The molecule has 0 unspecified atom stereocenters. The number of nitrogens with one attached hydrogen (secondary N) is 2. The van der Waals surface area contributed by atoms with E-state index in [-0.39, 0.29) is 24.0 Å². The molecule has 0 bridgehead atoms. The first-order valence-electron chi connectivity index (χ1n) is 9.90. The van der Waals surface area contributed by atoms with Crippen LogP contribution in [0.3, 0.4) is 0 Å². The molecule has 0 atom stereocenters. The van der Waals surface area contributed by atoms with E-state index in [1.165, 1.54) is 0 Å². The molecule has 2 aliphatic heterocycles. The minimum atomic E-state index is 0. The summed E-state index contributed by atoms with van der Waals surface area (Å²) in [7, 11) is 0. The van der Waals surface area contributed by atoms with Crippen LogP contribution in [-0.2, 0) is 14.2 Å². The molecule has 2 rings (SSSR count). The van der Waals surface area contributed by atoms with E-state index in [1.807, 2.05) is 0 Å². The minimum absolute atomic E-state index is 0. The lowest BCUT2D eigenvalue weighted by atomic mass is 10.1. The van der Waals surface area contributed by atoms with E-state index in [4.69, 9.17) is 14.2 Å². The Bertz CT molecular complexity index is 362. The Morgan fingerprint density at radius 1 is 1.08 bits per heavy atom. The summed E-state index contributed by atoms with van der Waals surface area (Å²) in [6.07, 6.45) is 4.51. The summed E-state index contributed by atoms with van der Waals surface area (Å²) in [5.74, 6) is 0.913. The highest BCUT2D eigenvalue weighted by Gasteiger charge is 2.13. The van der Waals surface area contributed by atoms with Gasteiger partial charge in [0.1, 0.15) is 0 Å². The van der Waals surface area contributed by atoms with E-state index < -0.39 is 0 Å². The summed E-state index contributed by atoms with van der Waals surface area (Å²) in [4.78, 5) is 7.10. The van der Waals surface area contributed by atoms with Crippen molar-refractivity contribution in [2.75, 3.05) is 72.3 Å².